The molecule has 0 radical (unpaired) electrons. The number of amides is 2. The number of likely N-dealkylation sites (tertiary alicyclic amines) is 2. The maximum Gasteiger partial charge on any atom is 0.317 e. The lowest BCUT2D eigenvalue weighted by Gasteiger charge is -2.40. The van der Waals surface area contributed by atoms with E-state index in [1.807, 2.05) is 0 Å². The molecular weight excluding hydrogens is 328 g/mol. The average molecular weight is 353 g/mol. The maximum atomic E-state index is 13.6. The summed E-state index contributed by atoms with van der Waals surface area (Å²) in [7, 11) is 0. The minimum atomic E-state index is -0.732. The minimum Gasteiger partial charge on any atom is -0.388 e. The van der Waals surface area contributed by atoms with Crippen LogP contribution in [0.4, 0.5) is 13.6 Å². The van der Waals surface area contributed by atoms with Gasteiger partial charge in [-0.25, -0.2) is 13.6 Å². The second-order valence-corrected chi connectivity index (χ2v) is 7.09. The van der Waals surface area contributed by atoms with Crippen molar-refractivity contribution in [1.29, 1.82) is 0 Å². The molecule has 5 nitrogen and oxygen atoms in total. The molecule has 2 fully saturated rings. The number of nitrogens with zero attached hydrogens (tertiary/aromatic N) is 2. The largest absolute Gasteiger partial charge is 0.388 e. The highest BCUT2D eigenvalue weighted by Gasteiger charge is 2.35. The first kappa shape index (κ1) is 18.1. The van der Waals surface area contributed by atoms with Crippen LogP contribution in [0.3, 0.4) is 0 Å². The van der Waals surface area contributed by atoms with Gasteiger partial charge in [-0.15, -0.1) is 0 Å². The third kappa shape index (κ3) is 4.67. The van der Waals surface area contributed by atoms with Crippen LogP contribution in [0.1, 0.15) is 31.2 Å². The molecule has 0 bridgehead atoms. The van der Waals surface area contributed by atoms with Crippen molar-refractivity contribution in [3.8, 4) is 0 Å². The van der Waals surface area contributed by atoms with Crippen LogP contribution in [-0.4, -0.2) is 59.3 Å². The lowest BCUT2D eigenvalue weighted by atomic mass is 9.91. The second kappa shape index (κ2) is 7.66. The summed E-state index contributed by atoms with van der Waals surface area (Å²) < 4.78 is 26.5. The Morgan fingerprint density at radius 3 is 2.48 bits per heavy atom. The molecule has 2 saturated heterocycles. The third-order valence-corrected chi connectivity index (χ3v) is 5.14. The lowest BCUT2D eigenvalue weighted by molar-refractivity contribution is -0.0339. The highest BCUT2D eigenvalue weighted by Crippen LogP contribution is 2.25. The quantitative estimate of drug-likeness (QED) is 0.872. The second-order valence-electron chi connectivity index (χ2n) is 7.09. The van der Waals surface area contributed by atoms with Crippen LogP contribution in [0.2, 0.25) is 0 Å². The molecule has 1 aromatic rings. The first-order chi connectivity index (χ1) is 12.0. The molecule has 0 saturated carbocycles. The van der Waals surface area contributed by atoms with Crippen LogP contribution in [0.15, 0.2) is 18.2 Å². The lowest BCUT2D eigenvalue weighted by Crippen LogP contribution is -2.53. The van der Waals surface area contributed by atoms with Gasteiger partial charge >= 0.3 is 6.03 Å². The Labute approximate surface area is 146 Å². The van der Waals surface area contributed by atoms with Crippen molar-refractivity contribution >= 4 is 6.03 Å². The summed E-state index contributed by atoms with van der Waals surface area (Å²) in [6.07, 6.45) is 3.46. The van der Waals surface area contributed by atoms with Crippen molar-refractivity contribution in [1.82, 2.24) is 15.1 Å². The van der Waals surface area contributed by atoms with Gasteiger partial charge in [-0.2, -0.15) is 0 Å². The summed E-state index contributed by atoms with van der Waals surface area (Å²) in [4.78, 5) is 16.2. The van der Waals surface area contributed by atoms with E-state index < -0.39 is 17.2 Å². The molecule has 0 aromatic heterocycles. The summed E-state index contributed by atoms with van der Waals surface area (Å²) in [5, 5.41) is 13.4. The maximum absolute atomic E-state index is 13.6. The zero-order valence-electron chi connectivity index (χ0n) is 14.3. The Morgan fingerprint density at radius 2 is 1.84 bits per heavy atom. The number of carbonyl (C=O) groups excluding carboxylic acids is 1. The number of nitrogens with one attached hydrogen (secondary N) is 1. The van der Waals surface area contributed by atoms with E-state index in [0.717, 1.165) is 19.2 Å². The predicted molar refractivity (Wildman–Crippen MR) is 90.0 cm³/mol. The van der Waals surface area contributed by atoms with Crippen molar-refractivity contribution in [3.63, 3.8) is 0 Å². The fourth-order valence-electron chi connectivity index (χ4n) is 3.59. The summed E-state index contributed by atoms with van der Waals surface area (Å²) in [5.74, 6) is -1.31. The number of piperidine rings is 1. The van der Waals surface area contributed by atoms with Crippen molar-refractivity contribution in [2.75, 3.05) is 32.7 Å². The Kier molecular flexibility index (Phi) is 5.54. The molecule has 0 spiro atoms. The van der Waals surface area contributed by atoms with Gasteiger partial charge in [-0.3, -0.25) is 0 Å². The number of hydrogen-bond acceptors (Lipinski definition) is 3. The van der Waals surface area contributed by atoms with E-state index in [2.05, 4.69) is 10.2 Å². The highest BCUT2D eigenvalue weighted by atomic mass is 19.1. The number of β-amino-alcohol motifs (C(OH)–C–C–N with tert-alkyl or cyclic N) is 1. The van der Waals surface area contributed by atoms with Crippen LogP contribution >= 0.6 is 0 Å². The smallest absolute Gasteiger partial charge is 0.317 e. The van der Waals surface area contributed by atoms with Gasteiger partial charge in [0.15, 0.2) is 0 Å². The third-order valence-electron chi connectivity index (χ3n) is 5.14. The summed E-state index contributed by atoms with van der Waals surface area (Å²) in [6.45, 7) is 3.71. The molecule has 2 aliphatic heterocycles. The van der Waals surface area contributed by atoms with Gasteiger partial charge in [0.05, 0.1) is 5.60 Å². The highest BCUT2D eigenvalue weighted by molar-refractivity contribution is 5.74. The van der Waals surface area contributed by atoms with Crippen molar-refractivity contribution < 1.29 is 18.7 Å². The molecule has 3 rings (SSSR count). The van der Waals surface area contributed by atoms with Gasteiger partial charge in [0.2, 0.25) is 0 Å². The first-order valence-corrected chi connectivity index (χ1v) is 8.87. The van der Waals surface area contributed by atoms with E-state index in [1.165, 1.54) is 25.0 Å². The number of hydrogen-bond donors (Lipinski definition) is 2. The fraction of sp³-hybridized carbons (Fsp3) is 0.611. The first-order valence-electron chi connectivity index (χ1n) is 8.87. The molecule has 1 aromatic carbocycles. The van der Waals surface area contributed by atoms with Crippen LogP contribution in [0.25, 0.3) is 0 Å². The van der Waals surface area contributed by atoms with Crippen LogP contribution in [0, 0.1) is 11.6 Å². The van der Waals surface area contributed by atoms with Crippen molar-refractivity contribution in [2.24, 2.45) is 0 Å². The number of carbonyl (C=O) groups is 1. The monoisotopic (exact) mass is 353 g/mol. The zero-order chi connectivity index (χ0) is 17.9. The van der Waals surface area contributed by atoms with E-state index in [-0.39, 0.29) is 18.1 Å². The Balaban J connectivity index is 1.46. The van der Waals surface area contributed by atoms with Gasteiger partial charge in [-0.05, 0) is 44.8 Å². The molecule has 0 unspecified atom stereocenters. The van der Waals surface area contributed by atoms with Gasteiger partial charge < -0.3 is 20.2 Å². The van der Waals surface area contributed by atoms with Gasteiger partial charge in [-0.1, -0.05) is 6.07 Å². The van der Waals surface area contributed by atoms with E-state index in [9.17, 15) is 18.7 Å². The number of rotatable bonds is 4. The van der Waals surface area contributed by atoms with E-state index in [0.29, 0.717) is 32.5 Å². The predicted octanol–water partition coefficient (Wildman–Crippen LogP) is 2.10. The molecule has 0 atom stereocenters. The number of aliphatic hydroxyl groups is 1. The topological polar surface area (TPSA) is 55.8 Å². The molecule has 138 valence electrons. The minimum absolute atomic E-state index is 0.0134. The molecular formula is C18H25F2N3O2. The Morgan fingerprint density at radius 1 is 1.16 bits per heavy atom. The van der Waals surface area contributed by atoms with Crippen molar-refractivity contribution in [2.45, 2.75) is 37.8 Å². The molecule has 7 heteroatoms. The van der Waals surface area contributed by atoms with E-state index in [1.54, 1.807) is 4.90 Å². The van der Waals surface area contributed by atoms with Gasteiger partial charge in [0.1, 0.15) is 11.6 Å². The van der Waals surface area contributed by atoms with Crippen LogP contribution < -0.4 is 5.32 Å². The average Bonchev–Trinajstić information content (AvgIpc) is 3.07. The summed E-state index contributed by atoms with van der Waals surface area (Å²) >= 11 is 0. The molecule has 2 amide bonds. The fourth-order valence-corrected chi connectivity index (χ4v) is 3.59. The van der Waals surface area contributed by atoms with Gasteiger partial charge in [0.25, 0.3) is 0 Å². The van der Waals surface area contributed by atoms with Crippen LogP contribution in [-0.2, 0) is 6.54 Å². The number of halogens is 2. The van der Waals surface area contributed by atoms with Crippen molar-refractivity contribution in [3.05, 3.63) is 35.4 Å². The number of benzene rings is 1. The Bertz CT molecular complexity index is 612. The normalized spacial score (nSPS) is 20.7. The standard InChI is InChI=1S/C18H25F2N3O2/c19-15-4-3-14(16(20)11-15)12-21-17(24)23-9-5-18(25,6-10-23)13-22-7-1-2-8-22/h3-4,11,25H,1-2,5-10,12-13H2,(H,21,24). The molecule has 2 aliphatic rings. The van der Waals surface area contributed by atoms with Crippen LogP contribution in [0.5, 0.6) is 0 Å². The SMILES string of the molecule is O=C(NCc1ccc(F)cc1F)N1CCC(O)(CN2CCCC2)CC1. The molecule has 25 heavy (non-hydrogen) atoms. The zero-order valence-corrected chi connectivity index (χ0v) is 14.3. The van der Waals surface area contributed by atoms with E-state index in [4.69, 9.17) is 0 Å². The molecule has 0 aliphatic carbocycles. The summed E-state index contributed by atoms with van der Waals surface area (Å²) in [5.41, 5.74) is -0.484. The summed E-state index contributed by atoms with van der Waals surface area (Å²) in [6, 6.07) is 3.02. The van der Waals surface area contributed by atoms with E-state index >= 15 is 0 Å². The van der Waals surface area contributed by atoms with Gasteiger partial charge in [0, 0.05) is 37.8 Å². The molecule has 2 heterocycles. The Hall–Kier alpha value is -1.73. The molecule has 2 N–H and O–H groups in total. The number of urea groups is 1.